The molecule has 0 fully saturated rings. The van der Waals surface area contributed by atoms with Crippen LogP contribution in [0, 0.1) is 17.0 Å². The summed E-state index contributed by atoms with van der Waals surface area (Å²) in [4.78, 5) is 18.6. The van der Waals surface area contributed by atoms with E-state index in [4.69, 9.17) is 4.42 Å². The molecular weight excluding hydrogens is 246 g/mol. The number of fused-ring (bicyclic) bond motifs is 1. The highest BCUT2D eigenvalue weighted by atomic mass is 16.6. The first kappa shape index (κ1) is 11.3. The van der Waals surface area contributed by atoms with E-state index in [-0.39, 0.29) is 5.69 Å². The monoisotopic (exact) mass is 255 g/mol. The molecule has 0 radical (unpaired) electrons. The van der Waals surface area contributed by atoms with Crippen LogP contribution in [0.2, 0.25) is 0 Å². The summed E-state index contributed by atoms with van der Waals surface area (Å²) in [5.74, 6) is 0.409. The van der Waals surface area contributed by atoms with Gasteiger partial charge in [-0.15, -0.1) is 0 Å². The quantitative estimate of drug-likeness (QED) is 0.519. The van der Waals surface area contributed by atoms with Gasteiger partial charge in [0.15, 0.2) is 0 Å². The average molecular weight is 255 g/mol. The molecule has 0 N–H and O–H groups in total. The highest BCUT2D eigenvalue weighted by molar-refractivity contribution is 5.75. The zero-order valence-electron chi connectivity index (χ0n) is 10.0. The Hall–Kier alpha value is -2.76. The largest absolute Gasteiger partial charge is 0.418 e. The van der Waals surface area contributed by atoms with Crippen molar-refractivity contribution in [3.8, 4) is 11.5 Å². The van der Waals surface area contributed by atoms with E-state index in [9.17, 15) is 10.1 Å². The molecule has 0 atom stereocenters. The Morgan fingerprint density at radius 2 is 1.95 bits per heavy atom. The molecule has 0 bridgehead atoms. The Bertz CT molecular complexity index is 762. The Balaban J connectivity index is 2.09. The summed E-state index contributed by atoms with van der Waals surface area (Å²) >= 11 is 0. The lowest BCUT2D eigenvalue weighted by Crippen LogP contribution is -1.87. The number of nitro benzene ring substituents is 1. The molecule has 0 aliphatic carbocycles. The van der Waals surface area contributed by atoms with E-state index >= 15 is 0 Å². The summed E-state index contributed by atoms with van der Waals surface area (Å²) < 4.78 is 5.54. The van der Waals surface area contributed by atoms with Gasteiger partial charge in [-0.25, -0.2) is 9.97 Å². The molecule has 0 unspecified atom stereocenters. The molecule has 2 heterocycles. The lowest BCUT2D eigenvalue weighted by atomic mass is 10.2. The van der Waals surface area contributed by atoms with Crippen LogP contribution in [-0.4, -0.2) is 14.9 Å². The van der Waals surface area contributed by atoms with Crippen LogP contribution >= 0.6 is 0 Å². The minimum atomic E-state index is -0.443. The molecule has 94 valence electrons. The van der Waals surface area contributed by atoms with Crippen LogP contribution in [0.15, 0.2) is 40.9 Å². The number of oxazole rings is 1. The first-order valence-corrected chi connectivity index (χ1v) is 5.62. The number of aromatic nitrogens is 2. The van der Waals surface area contributed by atoms with Crippen molar-refractivity contribution in [2.75, 3.05) is 0 Å². The molecule has 1 aromatic carbocycles. The molecule has 0 aliphatic heterocycles. The fourth-order valence-electron chi connectivity index (χ4n) is 1.80. The van der Waals surface area contributed by atoms with Crippen LogP contribution in [0.5, 0.6) is 0 Å². The summed E-state index contributed by atoms with van der Waals surface area (Å²) in [6.45, 7) is 1.92. The Morgan fingerprint density at radius 3 is 2.58 bits per heavy atom. The summed E-state index contributed by atoms with van der Waals surface area (Å²) in [7, 11) is 0. The van der Waals surface area contributed by atoms with Crippen LogP contribution in [0.3, 0.4) is 0 Å². The Morgan fingerprint density at radius 1 is 1.21 bits per heavy atom. The van der Waals surface area contributed by atoms with Crippen molar-refractivity contribution in [3.63, 3.8) is 0 Å². The molecular formula is C13H9N3O3. The fraction of sp³-hybridized carbons (Fsp3) is 0.0769. The van der Waals surface area contributed by atoms with Crippen LogP contribution in [-0.2, 0) is 0 Å². The van der Waals surface area contributed by atoms with Gasteiger partial charge in [0.05, 0.1) is 4.92 Å². The van der Waals surface area contributed by atoms with Crippen molar-refractivity contribution in [2.24, 2.45) is 0 Å². The van der Waals surface area contributed by atoms with Crippen molar-refractivity contribution < 1.29 is 9.34 Å². The van der Waals surface area contributed by atoms with Gasteiger partial charge >= 0.3 is 0 Å². The molecule has 0 spiro atoms. The number of non-ortho nitro benzene ring substituents is 1. The van der Waals surface area contributed by atoms with Crippen molar-refractivity contribution in [3.05, 3.63) is 52.2 Å². The molecule has 0 saturated heterocycles. The molecule has 0 saturated carbocycles. The van der Waals surface area contributed by atoms with E-state index in [0.717, 1.165) is 5.56 Å². The first-order valence-electron chi connectivity index (χ1n) is 5.62. The van der Waals surface area contributed by atoms with Crippen molar-refractivity contribution in [1.29, 1.82) is 0 Å². The average Bonchev–Trinajstić information content (AvgIpc) is 2.84. The van der Waals surface area contributed by atoms with E-state index < -0.39 is 4.92 Å². The van der Waals surface area contributed by atoms with Crippen molar-refractivity contribution >= 4 is 16.9 Å². The minimum absolute atomic E-state index is 0.0363. The van der Waals surface area contributed by atoms with Crippen molar-refractivity contribution in [1.82, 2.24) is 9.97 Å². The smallest absolute Gasteiger partial charge is 0.269 e. The maximum Gasteiger partial charge on any atom is 0.269 e. The second-order valence-corrected chi connectivity index (χ2v) is 4.10. The van der Waals surface area contributed by atoms with Gasteiger partial charge < -0.3 is 4.42 Å². The normalized spacial score (nSPS) is 10.8. The molecule has 6 heteroatoms. The number of nitrogens with zero attached hydrogens (tertiary/aromatic N) is 3. The number of nitro groups is 1. The van der Waals surface area contributed by atoms with E-state index in [1.165, 1.54) is 12.1 Å². The lowest BCUT2D eigenvalue weighted by molar-refractivity contribution is -0.384. The summed E-state index contributed by atoms with van der Waals surface area (Å²) in [6.07, 6.45) is 1.66. The maximum absolute atomic E-state index is 10.6. The molecule has 3 rings (SSSR count). The van der Waals surface area contributed by atoms with Crippen LogP contribution in [0.1, 0.15) is 5.56 Å². The lowest BCUT2D eigenvalue weighted by Gasteiger charge is -1.94. The Kier molecular flexibility index (Phi) is 2.49. The van der Waals surface area contributed by atoms with Gasteiger partial charge in [0.1, 0.15) is 5.52 Å². The summed E-state index contributed by atoms with van der Waals surface area (Å²) in [5.41, 5.74) is 2.86. The first-order chi connectivity index (χ1) is 9.15. The van der Waals surface area contributed by atoms with Gasteiger partial charge in [0.25, 0.3) is 5.69 Å². The number of rotatable bonds is 2. The van der Waals surface area contributed by atoms with E-state index in [1.54, 1.807) is 18.3 Å². The highest BCUT2D eigenvalue weighted by Gasteiger charge is 2.12. The number of pyridine rings is 1. The van der Waals surface area contributed by atoms with Crippen LogP contribution in [0.25, 0.3) is 22.7 Å². The van der Waals surface area contributed by atoms with Gasteiger partial charge in [0.2, 0.25) is 11.6 Å². The van der Waals surface area contributed by atoms with Gasteiger partial charge in [-0.1, -0.05) is 0 Å². The van der Waals surface area contributed by atoms with E-state index in [0.29, 0.717) is 22.7 Å². The SMILES string of the molecule is Cc1ccnc2oc(-c3ccc([N+](=O)[O-])cc3)nc12. The topological polar surface area (TPSA) is 82.1 Å². The third-order valence-corrected chi connectivity index (χ3v) is 2.82. The minimum Gasteiger partial charge on any atom is -0.418 e. The predicted octanol–water partition coefficient (Wildman–Crippen LogP) is 3.11. The zero-order chi connectivity index (χ0) is 13.4. The predicted molar refractivity (Wildman–Crippen MR) is 68.6 cm³/mol. The number of benzene rings is 1. The molecule has 3 aromatic rings. The third kappa shape index (κ3) is 1.93. The highest BCUT2D eigenvalue weighted by Crippen LogP contribution is 2.26. The van der Waals surface area contributed by atoms with Gasteiger partial charge in [-0.2, -0.15) is 0 Å². The number of hydrogen-bond acceptors (Lipinski definition) is 5. The van der Waals surface area contributed by atoms with Gasteiger partial charge in [-0.05, 0) is 30.7 Å². The van der Waals surface area contributed by atoms with Crippen LogP contribution < -0.4 is 0 Å². The van der Waals surface area contributed by atoms with E-state index in [2.05, 4.69) is 9.97 Å². The standard InChI is InChI=1S/C13H9N3O3/c1-8-6-7-14-13-11(8)15-12(19-13)9-2-4-10(5-3-9)16(17)18/h2-7H,1H3. The number of hydrogen-bond donors (Lipinski definition) is 0. The second-order valence-electron chi connectivity index (χ2n) is 4.10. The second kappa shape index (κ2) is 4.16. The van der Waals surface area contributed by atoms with Gasteiger partial charge in [-0.3, -0.25) is 10.1 Å². The van der Waals surface area contributed by atoms with E-state index in [1.807, 2.05) is 13.0 Å². The molecule has 2 aromatic heterocycles. The summed E-state index contributed by atoms with van der Waals surface area (Å²) in [5, 5.41) is 10.6. The molecule has 0 aliphatic rings. The zero-order valence-corrected chi connectivity index (χ0v) is 10.0. The molecule has 19 heavy (non-hydrogen) atoms. The van der Waals surface area contributed by atoms with Gasteiger partial charge in [0, 0.05) is 23.9 Å². The number of aryl methyl sites for hydroxylation is 1. The molecule has 6 nitrogen and oxygen atoms in total. The fourth-order valence-corrected chi connectivity index (χ4v) is 1.80. The summed E-state index contributed by atoms with van der Waals surface area (Å²) in [6, 6.07) is 7.91. The third-order valence-electron chi connectivity index (χ3n) is 2.82. The maximum atomic E-state index is 10.6. The Labute approximate surface area is 107 Å². The van der Waals surface area contributed by atoms with Crippen molar-refractivity contribution in [2.45, 2.75) is 6.92 Å². The molecule has 0 amide bonds. The van der Waals surface area contributed by atoms with Crippen LogP contribution in [0.4, 0.5) is 5.69 Å².